The summed E-state index contributed by atoms with van der Waals surface area (Å²) in [6.45, 7) is 9.83. The molecule has 0 aliphatic carbocycles. The van der Waals surface area contributed by atoms with Gasteiger partial charge in [0.25, 0.3) is 16.0 Å². The van der Waals surface area contributed by atoms with Crippen LogP contribution in [0.2, 0.25) is 0 Å². The number of nitrogens with zero attached hydrogens (tertiary/aromatic N) is 2. The van der Waals surface area contributed by atoms with E-state index in [2.05, 4.69) is 6.58 Å². The SMILES string of the molecule is C=C(C)C(=O)N(CCC)N(C)C.CCCS(=O)(=O)O. The minimum Gasteiger partial charge on any atom is -0.286 e. The van der Waals surface area contributed by atoms with E-state index in [1.807, 2.05) is 21.0 Å². The van der Waals surface area contributed by atoms with Crippen molar-refractivity contribution in [3.63, 3.8) is 0 Å². The van der Waals surface area contributed by atoms with E-state index in [9.17, 15) is 13.2 Å². The number of carbonyl (C=O) groups excluding carboxylic acids is 1. The number of amides is 1. The van der Waals surface area contributed by atoms with Gasteiger partial charge in [0.2, 0.25) is 0 Å². The minimum atomic E-state index is -3.67. The molecule has 0 unspecified atom stereocenters. The summed E-state index contributed by atoms with van der Waals surface area (Å²) >= 11 is 0. The van der Waals surface area contributed by atoms with Gasteiger partial charge in [-0.25, -0.2) is 5.01 Å². The van der Waals surface area contributed by atoms with E-state index in [0.29, 0.717) is 12.0 Å². The second kappa shape index (κ2) is 9.94. The zero-order chi connectivity index (χ0) is 15.6. The molecule has 0 bridgehead atoms. The van der Waals surface area contributed by atoms with Crippen LogP contribution >= 0.6 is 0 Å². The van der Waals surface area contributed by atoms with Crippen LogP contribution in [-0.2, 0) is 14.9 Å². The Labute approximate surface area is 116 Å². The molecule has 114 valence electrons. The monoisotopic (exact) mass is 294 g/mol. The van der Waals surface area contributed by atoms with E-state index < -0.39 is 10.1 Å². The van der Waals surface area contributed by atoms with Gasteiger partial charge < -0.3 is 0 Å². The zero-order valence-electron chi connectivity index (χ0n) is 12.5. The van der Waals surface area contributed by atoms with Gasteiger partial charge in [0.1, 0.15) is 0 Å². The maximum atomic E-state index is 11.5. The van der Waals surface area contributed by atoms with Crippen LogP contribution in [0.15, 0.2) is 12.2 Å². The van der Waals surface area contributed by atoms with Gasteiger partial charge >= 0.3 is 0 Å². The molecule has 0 spiro atoms. The Morgan fingerprint density at radius 1 is 1.21 bits per heavy atom. The van der Waals surface area contributed by atoms with Crippen molar-refractivity contribution in [3.8, 4) is 0 Å². The summed E-state index contributed by atoms with van der Waals surface area (Å²) in [7, 11) is 0.0411. The fourth-order valence-corrected chi connectivity index (χ4v) is 1.69. The summed E-state index contributed by atoms with van der Waals surface area (Å²) in [5, 5.41) is 3.48. The van der Waals surface area contributed by atoms with Crippen molar-refractivity contribution >= 4 is 16.0 Å². The number of hydrogen-bond donors (Lipinski definition) is 1. The third-order valence-electron chi connectivity index (χ3n) is 1.98. The lowest BCUT2D eigenvalue weighted by atomic mass is 10.3. The second-order valence-electron chi connectivity index (χ2n) is 4.34. The van der Waals surface area contributed by atoms with Crippen LogP contribution in [0.4, 0.5) is 0 Å². The predicted molar refractivity (Wildman–Crippen MR) is 77.2 cm³/mol. The molecule has 7 heteroatoms. The number of rotatable bonds is 6. The molecule has 0 aliphatic heterocycles. The Balaban J connectivity index is 0. The highest BCUT2D eigenvalue weighted by molar-refractivity contribution is 7.85. The molecule has 0 fully saturated rings. The quantitative estimate of drug-likeness (QED) is 0.457. The van der Waals surface area contributed by atoms with Crippen molar-refractivity contribution in [1.29, 1.82) is 0 Å². The lowest BCUT2D eigenvalue weighted by Gasteiger charge is -2.28. The third kappa shape index (κ3) is 11.9. The molecular weight excluding hydrogens is 268 g/mol. The summed E-state index contributed by atoms with van der Waals surface area (Å²) < 4.78 is 27.6. The Morgan fingerprint density at radius 3 is 1.84 bits per heavy atom. The maximum Gasteiger partial charge on any atom is 0.264 e. The smallest absolute Gasteiger partial charge is 0.264 e. The standard InChI is InChI=1S/C9H18N2O.C3H8O3S/c1-6-7-11(10(4)5)9(12)8(2)3;1-2-3-7(4,5)6/h2,6-7H2,1,3-5H3;2-3H2,1H3,(H,4,5,6). The van der Waals surface area contributed by atoms with Crippen molar-refractivity contribution in [2.24, 2.45) is 0 Å². The lowest BCUT2D eigenvalue weighted by molar-refractivity contribution is -0.140. The number of hydrogen-bond acceptors (Lipinski definition) is 4. The summed E-state index contributed by atoms with van der Waals surface area (Å²) in [5.74, 6) is -0.130. The normalized spacial score (nSPS) is 10.7. The molecule has 0 radical (unpaired) electrons. The highest BCUT2D eigenvalue weighted by atomic mass is 32.2. The van der Waals surface area contributed by atoms with E-state index in [-0.39, 0.29) is 11.7 Å². The molecular formula is C12H26N2O4S. The first-order chi connectivity index (χ1) is 8.56. The molecule has 0 rings (SSSR count). The van der Waals surface area contributed by atoms with Gasteiger partial charge in [-0.3, -0.25) is 14.4 Å². The summed E-state index contributed by atoms with van der Waals surface area (Å²) in [4.78, 5) is 11.5. The van der Waals surface area contributed by atoms with Crippen LogP contribution in [0.25, 0.3) is 0 Å². The van der Waals surface area contributed by atoms with Crippen molar-refractivity contribution < 1.29 is 17.8 Å². The molecule has 19 heavy (non-hydrogen) atoms. The first-order valence-corrected chi connectivity index (χ1v) is 7.77. The largest absolute Gasteiger partial charge is 0.286 e. The van der Waals surface area contributed by atoms with Crippen LogP contribution in [0.1, 0.15) is 33.6 Å². The van der Waals surface area contributed by atoms with Gasteiger partial charge in [-0.05, 0) is 19.8 Å². The van der Waals surface area contributed by atoms with Crippen molar-refractivity contribution in [1.82, 2.24) is 10.0 Å². The van der Waals surface area contributed by atoms with E-state index in [1.165, 1.54) is 0 Å². The fraction of sp³-hybridized carbons (Fsp3) is 0.750. The summed E-state index contributed by atoms with van der Waals surface area (Å²) in [6.07, 6.45) is 1.43. The van der Waals surface area contributed by atoms with Crippen LogP contribution in [0, 0.1) is 0 Å². The molecule has 0 aromatic heterocycles. The van der Waals surface area contributed by atoms with Gasteiger partial charge in [0.15, 0.2) is 0 Å². The zero-order valence-corrected chi connectivity index (χ0v) is 13.3. The van der Waals surface area contributed by atoms with Gasteiger partial charge in [-0.15, -0.1) is 0 Å². The van der Waals surface area contributed by atoms with Crippen LogP contribution in [0.5, 0.6) is 0 Å². The second-order valence-corrected chi connectivity index (χ2v) is 5.91. The van der Waals surface area contributed by atoms with E-state index >= 15 is 0 Å². The Morgan fingerprint density at radius 2 is 1.68 bits per heavy atom. The highest BCUT2D eigenvalue weighted by Gasteiger charge is 2.14. The van der Waals surface area contributed by atoms with Gasteiger partial charge in [0, 0.05) is 26.2 Å². The first kappa shape index (κ1) is 20.4. The van der Waals surface area contributed by atoms with E-state index in [4.69, 9.17) is 4.55 Å². The third-order valence-corrected chi connectivity index (χ3v) is 2.90. The molecule has 0 saturated heterocycles. The topological polar surface area (TPSA) is 77.9 Å². The van der Waals surface area contributed by atoms with Crippen LogP contribution < -0.4 is 0 Å². The van der Waals surface area contributed by atoms with E-state index in [0.717, 1.165) is 13.0 Å². The number of hydrazine groups is 1. The van der Waals surface area contributed by atoms with Gasteiger partial charge in [-0.1, -0.05) is 20.4 Å². The Kier molecular flexibility index (Phi) is 10.7. The van der Waals surface area contributed by atoms with Crippen molar-refractivity contribution in [3.05, 3.63) is 12.2 Å². The molecule has 0 aromatic rings. The van der Waals surface area contributed by atoms with E-state index in [1.54, 1.807) is 23.9 Å². The summed E-state index contributed by atoms with van der Waals surface area (Å²) in [5.41, 5.74) is 0.581. The average Bonchev–Trinajstić information content (AvgIpc) is 2.23. The molecule has 0 aromatic carbocycles. The Bertz CT molecular complexity index is 377. The highest BCUT2D eigenvalue weighted by Crippen LogP contribution is 2.01. The molecule has 0 saturated carbocycles. The average molecular weight is 294 g/mol. The van der Waals surface area contributed by atoms with Gasteiger partial charge in [0.05, 0.1) is 5.75 Å². The Hall–Kier alpha value is -0.920. The van der Waals surface area contributed by atoms with Gasteiger partial charge in [-0.2, -0.15) is 8.42 Å². The lowest BCUT2D eigenvalue weighted by Crippen LogP contribution is -2.42. The maximum absolute atomic E-state index is 11.5. The van der Waals surface area contributed by atoms with Crippen LogP contribution in [-0.4, -0.2) is 55.3 Å². The fourth-order valence-electron chi connectivity index (χ4n) is 1.17. The first-order valence-electron chi connectivity index (χ1n) is 6.16. The molecule has 0 aliphatic rings. The molecule has 0 atom stereocenters. The van der Waals surface area contributed by atoms with Crippen molar-refractivity contribution in [2.45, 2.75) is 33.6 Å². The minimum absolute atomic E-state index is 0.00171. The molecule has 6 nitrogen and oxygen atoms in total. The molecule has 1 amide bonds. The summed E-state index contributed by atoms with van der Waals surface area (Å²) in [6, 6.07) is 0. The number of carbonyl (C=O) groups is 1. The molecule has 0 heterocycles. The predicted octanol–water partition coefficient (Wildman–Crippen LogP) is 1.56. The van der Waals surface area contributed by atoms with Crippen molar-refractivity contribution in [2.75, 3.05) is 26.4 Å². The molecule has 1 N–H and O–H groups in total. The van der Waals surface area contributed by atoms with Crippen LogP contribution in [0.3, 0.4) is 0 Å².